The van der Waals surface area contributed by atoms with Crippen LogP contribution in [0, 0.1) is 11.3 Å². The van der Waals surface area contributed by atoms with E-state index >= 15 is 0 Å². The van der Waals surface area contributed by atoms with E-state index in [0.29, 0.717) is 11.3 Å². The zero-order valence-corrected chi connectivity index (χ0v) is 13.2. The summed E-state index contributed by atoms with van der Waals surface area (Å²) >= 11 is 0. The van der Waals surface area contributed by atoms with Crippen LogP contribution in [0.15, 0.2) is 53.6 Å². The van der Waals surface area contributed by atoms with Crippen molar-refractivity contribution in [3.63, 3.8) is 0 Å². The van der Waals surface area contributed by atoms with Gasteiger partial charge in [0.2, 0.25) is 0 Å². The quantitative estimate of drug-likeness (QED) is 0.595. The summed E-state index contributed by atoms with van der Waals surface area (Å²) in [4.78, 5) is 22.0. The number of hydrogen-bond donors (Lipinski definition) is 2. The molecule has 0 atom stereocenters. The maximum atomic E-state index is 11.2. The molecule has 2 aromatic carbocycles. The molecule has 0 aromatic heterocycles. The fraction of sp³-hybridized carbons (Fsp3) is 0.111. The van der Waals surface area contributed by atoms with E-state index in [1.165, 1.54) is 18.3 Å². The Balaban J connectivity index is 2.00. The van der Waals surface area contributed by atoms with Gasteiger partial charge in [0.25, 0.3) is 5.91 Å². The third-order valence-electron chi connectivity index (χ3n) is 3.15. The van der Waals surface area contributed by atoms with Crippen molar-refractivity contribution in [1.29, 1.82) is 5.26 Å². The molecule has 0 aliphatic rings. The summed E-state index contributed by atoms with van der Waals surface area (Å²) in [6.45, 7) is 0.255. The van der Waals surface area contributed by atoms with Gasteiger partial charge in [-0.05, 0) is 29.8 Å². The van der Waals surface area contributed by atoms with Gasteiger partial charge in [-0.25, -0.2) is 10.2 Å². The Hall–Kier alpha value is -3.66. The van der Waals surface area contributed by atoms with Crippen molar-refractivity contribution in [2.75, 3.05) is 0 Å². The number of carboxylic acid groups (broad SMARTS) is 1. The minimum absolute atomic E-state index is 0.212. The molecule has 7 heteroatoms. The van der Waals surface area contributed by atoms with E-state index in [0.717, 1.165) is 5.56 Å². The van der Waals surface area contributed by atoms with Gasteiger partial charge in [0, 0.05) is 5.56 Å². The number of nitrogens with zero attached hydrogens (tertiary/aromatic N) is 2. The molecule has 0 saturated heterocycles. The molecule has 25 heavy (non-hydrogen) atoms. The van der Waals surface area contributed by atoms with Crippen molar-refractivity contribution in [1.82, 2.24) is 5.43 Å². The highest BCUT2D eigenvalue weighted by Gasteiger charge is 2.04. The van der Waals surface area contributed by atoms with E-state index in [2.05, 4.69) is 10.5 Å². The molecule has 2 rings (SSSR count). The lowest BCUT2D eigenvalue weighted by molar-refractivity contribution is -0.120. The number of benzene rings is 2. The summed E-state index contributed by atoms with van der Waals surface area (Å²) in [5, 5.41) is 21.1. The molecule has 1 amide bonds. The third-order valence-corrected chi connectivity index (χ3v) is 3.15. The minimum Gasteiger partial charge on any atom is -0.488 e. The van der Waals surface area contributed by atoms with Gasteiger partial charge in [0.1, 0.15) is 18.8 Å². The summed E-state index contributed by atoms with van der Waals surface area (Å²) < 4.78 is 5.72. The van der Waals surface area contributed by atoms with Gasteiger partial charge in [0.05, 0.1) is 17.8 Å². The van der Waals surface area contributed by atoms with E-state index in [9.17, 15) is 9.59 Å². The second-order valence-electron chi connectivity index (χ2n) is 4.96. The van der Waals surface area contributed by atoms with Gasteiger partial charge >= 0.3 is 5.97 Å². The average Bonchev–Trinajstić information content (AvgIpc) is 2.61. The number of ether oxygens (including phenoxy) is 1. The maximum absolute atomic E-state index is 11.2. The minimum atomic E-state index is -0.979. The van der Waals surface area contributed by atoms with Crippen molar-refractivity contribution < 1.29 is 19.4 Å². The molecule has 0 saturated carbocycles. The molecule has 0 heterocycles. The van der Waals surface area contributed by atoms with Gasteiger partial charge in [-0.1, -0.05) is 24.3 Å². The summed E-state index contributed by atoms with van der Waals surface area (Å²) in [5.74, 6) is -0.911. The molecular formula is C18H15N3O4. The maximum Gasteiger partial charge on any atom is 0.335 e. The lowest BCUT2D eigenvalue weighted by Gasteiger charge is -2.09. The van der Waals surface area contributed by atoms with Crippen LogP contribution in [-0.2, 0) is 11.4 Å². The topological polar surface area (TPSA) is 112 Å². The first-order valence-electron chi connectivity index (χ1n) is 7.33. The van der Waals surface area contributed by atoms with Crippen molar-refractivity contribution in [3.05, 3.63) is 65.2 Å². The Labute approximate surface area is 144 Å². The van der Waals surface area contributed by atoms with Gasteiger partial charge in [-0.3, -0.25) is 4.79 Å². The molecule has 7 nitrogen and oxygen atoms in total. The number of carboxylic acids is 1. The highest BCUT2D eigenvalue weighted by molar-refractivity contribution is 5.87. The van der Waals surface area contributed by atoms with Crippen molar-refractivity contribution in [2.45, 2.75) is 13.0 Å². The van der Waals surface area contributed by atoms with Gasteiger partial charge in [0.15, 0.2) is 0 Å². The molecule has 0 aliphatic heterocycles. The Morgan fingerprint density at radius 3 is 2.60 bits per heavy atom. The van der Waals surface area contributed by atoms with Gasteiger partial charge < -0.3 is 9.84 Å². The SMILES string of the molecule is N#CCC(=O)N/N=C/c1ccccc1OCc1ccc(C(=O)O)cc1. The Morgan fingerprint density at radius 2 is 1.92 bits per heavy atom. The molecule has 0 fully saturated rings. The molecule has 0 bridgehead atoms. The average molecular weight is 337 g/mol. The number of carbonyl (C=O) groups excluding carboxylic acids is 1. The molecule has 0 aliphatic carbocycles. The molecule has 0 radical (unpaired) electrons. The largest absolute Gasteiger partial charge is 0.488 e. The Bertz CT molecular complexity index is 823. The number of carbonyl (C=O) groups is 2. The highest BCUT2D eigenvalue weighted by Crippen LogP contribution is 2.18. The number of para-hydroxylation sites is 1. The van der Waals surface area contributed by atoms with Gasteiger partial charge in [-0.2, -0.15) is 10.4 Å². The van der Waals surface area contributed by atoms with E-state index in [4.69, 9.17) is 15.1 Å². The predicted molar refractivity (Wildman–Crippen MR) is 90.1 cm³/mol. The monoisotopic (exact) mass is 337 g/mol. The first-order valence-corrected chi connectivity index (χ1v) is 7.33. The van der Waals surface area contributed by atoms with E-state index in [-0.39, 0.29) is 18.6 Å². The zero-order chi connectivity index (χ0) is 18.1. The normalized spacial score (nSPS) is 10.2. The first-order chi connectivity index (χ1) is 12.1. The Kier molecular flexibility index (Phi) is 6.25. The molecule has 0 spiro atoms. The second kappa shape index (κ2) is 8.84. The molecular weight excluding hydrogens is 322 g/mol. The summed E-state index contributed by atoms with van der Waals surface area (Å²) in [6.07, 6.45) is 1.17. The van der Waals surface area contributed by atoms with Crippen LogP contribution in [0.1, 0.15) is 27.9 Å². The third kappa shape index (κ3) is 5.48. The molecule has 2 aromatic rings. The number of amides is 1. The molecule has 0 unspecified atom stereocenters. The van der Waals surface area contributed by atoms with E-state index in [1.807, 2.05) is 0 Å². The Morgan fingerprint density at radius 1 is 1.20 bits per heavy atom. The van der Waals surface area contributed by atoms with Crippen LogP contribution in [0.25, 0.3) is 0 Å². The van der Waals surface area contributed by atoms with Crippen LogP contribution in [0.3, 0.4) is 0 Å². The number of hydrazone groups is 1. The number of aromatic carboxylic acids is 1. The predicted octanol–water partition coefficient (Wildman–Crippen LogP) is 2.33. The van der Waals surface area contributed by atoms with Crippen molar-refractivity contribution in [3.8, 4) is 11.8 Å². The number of nitriles is 1. The smallest absolute Gasteiger partial charge is 0.335 e. The lowest BCUT2D eigenvalue weighted by Crippen LogP contribution is -2.16. The van der Waals surface area contributed by atoms with Crippen molar-refractivity contribution in [2.24, 2.45) is 5.10 Å². The van der Waals surface area contributed by atoms with Crippen molar-refractivity contribution >= 4 is 18.1 Å². The van der Waals surface area contributed by atoms with Crippen LogP contribution in [0.5, 0.6) is 5.75 Å². The second-order valence-corrected chi connectivity index (χ2v) is 4.96. The highest BCUT2D eigenvalue weighted by atomic mass is 16.5. The fourth-order valence-corrected chi connectivity index (χ4v) is 1.91. The van der Waals surface area contributed by atoms with E-state index < -0.39 is 11.9 Å². The van der Waals surface area contributed by atoms with Gasteiger partial charge in [-0.15, -0.1) is 0 Å². The van der Waals surface area contributed by atoms with Crippen LogP contribution in [0.4, 0.5) is 0 Å². The number of nitrogens with one attached hydrogen (secondary N) is 1. The molecule has 2 N–H and O–H groups in total. The number of rotatable bonds is 7. The summed E-state index contributed by atoms with van der Waals surface area (Å²) in [5.41, 5.74) is 3.93. The fourth-order valence-electron chi connectivity index (χ4n) is 1.91. The standard InChI is InChI=1S/C18H15N3O4/c19-10-9-17(22)21-20-11-15-3-1-2-4-16(15)25-12-13-5-7-14(8-6-13)18(23)24/h1-8,11H,9,12H2,(H,21,22)(H,23,24)/b20-11+. The van der Waals surface area contributed by atoms with Crippen LogP contribution in [-0.4, -0.2) is 23.2 Å². The summed E-state index contributed by atoms with van der Waals surface area (Å²) in [6, 6.07) is 15.2. The zero-order valence-electron chi connectivity index (χ0n) is 13.2. The lowest BCUT2D eigenvalue weighted by atomic mass is 10.1. The summed E-state index contributed by atoms with van der Waals surface area (Å²) in [7, 11) is 0. The van der Waals surface area contributed by atoms with E-state index in [1.54, 1.807) is 42.5 Å². The first kappa shape index (κ1) is 17.7. The number of hydrogen-bond acceptors (Lipinski definition) is 5. The van der Waals surface area contributed by atoms with Crippen LogP contribution in [0.2, 0.25) is 0 Å². The van der Waals surface area contributed by atoms with Crippen LogP contribution >= 0.6 is 0 Å². The molecule has 126 valence electrons. The van der Waals surface area contributed by atoms with Crippen LogP contribution < -0.4 is 10.2 Å².